The van der Waals surface area contributed by atoms with Crippen LogP contribution in [0.2, 0.25) is 0 Å². The lowest BCUT2D eigenvalue weighted by molar-refractivity contribution is 0.0196. The summed E-state index contributed by atoms with van der Waals surface area (Å²) in [7, 11) is 1.62. The molecule has 0 atom stereocenters. The van der Waals surface area contributed by atoms with Gasteiger partial charge in [-0.25, -0.2) is 0 Å². The third-order valence-electron chi connectivity index (χ3n) is 9.26. The van der Waals surface area contributed by atoms with Crippen LogP contribution < -0.4 is 20.1 Å². The highest BCUT2D eigenvalue weighted by molar-refractivity contribution is 8.23. The molecule has 2 fully saturated rings. The molecule has 0 unspecified atom stereocenters. The second kappa shape index (κ2) is 26.8. The van der Waals surface area contributed by atoms with E-state index in [1.54, 1.807) is 53.3 Å². The number of benzene rings is 2. The van der Waals surface area contributed by atoms with Gasteiger partial charge in [0.15, 0.2) is 0 Å². The van der Waals surface area contributed by atoms with E-state index in [0.717, 1.165) is 37.2 Å². The van der Waals surface area contributed by atoms with Crippen LogP contribution in [0.25, 0.3) is 0 Å². The second-order valence-corrected chi connectivity index (χ2v) is 16.9. The first-order valence-electron chi connectivity index (χ1n) is 20.1. The Morgan fingerprint density at radius 2 is 1.08 bits per heavy atom. The van der Waals surface area contributed by atoms with Gasteiger partial charge in [-0.3, -0.25) is 33.9 Å². The molecule has 2 saturated heterocycles. The van der Waals surface area contributed by atoms with Gasteiger partial charge in [0.05, 0.1) is 68.5 Å². The van der Waals surface area contributed by atoms with E-state index in [-0.39, 0.29) is 59.3 Å². The zero-order valence-electron chi connectivity index (χ0n) is 34.3. The minimum absolute atomic E-state index is 0.245. The molecular formula is C41H57N5O9S4. The number of methoxy groups -OCH3 is 1. The molecule has 4 rings (SSSR count). The maximum Gasteiger partial charge on any atom is 0.263 e. The summed E-state index contributed by atoms with van der Waals surface area (Å²) >= 11 is 13.7. The predicted octanol–water partition coefficient (Wildman–Crippen LogP) is 5.13. The van der Waals surface area contributed by atoms with Gasteiger partial charge in [-0.05, 0) is 37.1 Å². The van der Waals surface area contributed by atoms with Gasteiger partial charge in [0.25, 0.3) is 23.6 Å². The topological polar surface area (TPSA) is 148 Å². The number of carbonyl (C=O) groups excluding carboxylic acids is 4. The average Bonchev–Trinajstić information content (AvgIpc) is 3.88. The molecule has 2 N–H and O–H groups in total. The summed E-state index contributed by atoms with van der Waals surface area (Å²) in [6, 6.07) is 10.0. The van der Waals surface area contributed by atoms with Crippen LogP contribution >= 0.6 is 48.0 Å². The lowest BCUT2D eigenvalue weighted by atomic mass is 10.1. The van der Waals surface area contributed by atoms with Gasteiger partial charge in [0.2, 0.25) is 0 Å². The van der Waals surface area contributed by atoms with Crippen molar-refractivity contribution in [2.75, 3.05) is 111 Å². The quantitative estimate of drug-likeness (QED) is 0.0902. The normalized spacial score (nSPS) is 14.0. The zero-order chi connectivity index (χ0) is 42.4. The number of para-hydroxylation sites is 2. The fourth-order valence-corrected chi connectivity index (χ4v) is 8.41. The van der Waals surface area contributed by atoms with E-state index in [2.05, 4.69) is 15.5 Å². The highest BCUT2D eigenvalue weighted by atomic mass is 32.2. The van der Waals surface area contributed by atoms with Gasteiger partial charge in [-0.1, -0.05) is 86.8 Å². The van der Waals surface area contributed by atoms with Crippen molar-refractivity contribution in [1.82, 2.24) is 25.3 Å². The van der Waals surface area contributed by atoms with Crippen LogP contribution in [0.3, 0.4) is 0 Å². The van der Waals surface area contributed by atoms with E-state index < -0.39 is 0 Å². The molecule has 4 amide bonds. The van der Waals surface area contributed by atoms with Crippen LogP contribution in [0.5, 0.6) is 11.5 Å². The highest BCUT2D eigenvalue weighted by Gasteiger charge is 2.31. The van der Waals surface area contributed by atoms with Gasteiger partial charge in [0, 0.05) is 64.4 Å². The summed E-state index contributed by atoms with van der Waals surface area (Å²) < 4.78 is 29.6. The minimum atomic E-state index is -0.374. The fourth-order valence-electron chi connectivity index (χ4n) is 6.00. The van der Waals surface area contributed by atoms with Crippen molar-refractivity contribution in [3.8, 4) is 11.5 Å². The first kappa shape index (κ1) is 48.3. The molecule has 14 nitrogen and oxygen atoms in total. The maximum absolute atomic E-state index is 13.7. The van der Waals surface area contributed by atoms with Crippen molar-refractivity contribution in [2.45, 2.75) is 39.5 Å². The lowest BCUT2D eigenvalue weighted by Gasteiger charge is -2.23. The Kier molecular flexibility index (Phi) is 21.9. The number of ether oxygens (including phenoxy) is 5. The molecule has 0 radical (unpaired) electrons. The monoisotopic (exact) mass is 891 g/mol. The van der Waals surface area contributed by atoms with Gasteiger partial charge in [-0.2, -0.15) is 0 Å². The van der Waals surface area contributed by atoms with Crippen LogP contribution in [0.4, 0.5) is 0 Å². The minimum Gasteiger partial charge on any atom is -0.492 e. The first-order chi connectivity index (χ1) is 28.7. The van der Waals surface area contributed by atoms with Crippen molar-refractivity contribution in [3.63, 3.8) is 0 Å². The van der Waals surface area contributed by atoms with E-state index >= 15 is 0 Å². The molecule has 324 valence electrons. The molecule has 0 spiro atoms. The maximum atomic E-state index is 13.7. The number of carbonyl (C=O) groups is 4. The number of hydrogen-bond acceptors (Lipinski definition) is 14. The number of nitrogens with zero attached hydrogens (tertiary/aromatic N) is 3. The third kappa shape index (κ3) is 14.9. The van der Waals surface area contributed by atoms with Crippen LogP contribution in [-0.4, -0.2) is 158 Å². The number of hydrogen-bond donors (Lipinski definition) is 2. The number of amides is 4. The van der Waals surface area contributed by atoms with Crippen LogP contribution in [0.1, 0.15) is 81.0 Å². The fraction of sp³-hybridized carbons (Fsp3) is 0.561. The molecule has 2 heterocycles. The Hall–Kier alpha value is -3.36. The summed E-state index contributed by atoms with van der Waals surface area (Å²) in [6.07, 6.45) is 3.30. The third-order valence-corrected chi connectivity index (χ3v) is 12.1. The Balaban J connectivity index is 1.42. The summed E-state index contributed by atoms with van der Waals surface area (Å²) in [5, 5.41) is 5.99. The average molecular weight is 892 g/mol. The molecular weight excluding hydrogens is 835 g/mol. The Morgan fingerprint density at radius 3 is 1.51 bits per heavy atom. The Morgan fingerprint density at radius 1 is 0.644 bits per heavy atom. The first-order valence-corrected chi connectivity index (χ1v) is 22.9. The SMILES string of the molecule is CCCCOc1c(C(=O)NCCN(CCNC(=O)c2cccc(C(=O)N3CCSC3=S)c2OCCCC)CCOCCOCCOC)cccc1C(=O)N1CCSC1=S. The van der Waals surface area contributed by atoms with Crippen molar-refractivity contribution in [1.29, 1.82) is 0 Å². The van der Waals surface area contributed by atoms with Crippen LogP contribution in [-0.2, 0) is 14.2 Å². The van der Waals surface area contributed by atoms with Crippen LogP contribution in [0.15, 0.2) is 36.4 Å². The number of thioether (sulfide) groups is 2. The van der Waals surface area contributed by atoms with E-state index in [4.69, 9.17) is 48.1 Å². The lowest BCUT2D eigenvalue weighted by Crippen LogP contribution is -2.41. The Labute approximate surface area is 367 Å². The molecule has 2 aromatic rings. The Bertz CT molecular complexity index is 1620. The molecule has 2 aliphatic heterocycles. The van der Waals surface area contributed by atoms with Gasteiger partial charge in [0.1, 0.15) is 20.1 Å². The summed E-state index contributed by atoms with van der Waals surface area (Å²) in [5.74, 6) is 0.615. The highest BCUT2D eigenvalue weighted by Crippen LogP contribution is 2.30. The molecule has 2 aliphatic rings. The van der Waals surface area contributed by atoms with Crippen LogP contribution in [0, 0.1) is 0 Å². The molecule has 0 aromatic heterocycles. The van der Waals surface area contributed by atoms with Crippen molar-refractivity contribution in [3.05, 3.63) is 58.7 Å². The second-order valence-electron chi connectivity index (χ2n) is 13.5. The number of nitrogens with one attached hydrogen (secondary N) is 2. The standard InChI is InChI=1S/C41H57N5O9S4/c1-4-6-21-54-34-30(10-8-12-32(34)38(49)45-19-28-58-40(45)56)36(47)42-14-16-44(18-23-52-26-27-53-25-24-51-3)17-15-43-37(48)31-11-9-13-33(35(31)55-22-7-5-2)39(50)46-20-29-59-41(46)57/h8-13H,4-7,14-29H2,1-3H3,(H,42,47)(H,43,48). The van der Waals surface area contributed by atoms with Gasteiger partial charge >= 0.3 is 0 Å². The predicted molar refractivity (Wildman–Crippen MR) is 240 cm³/mol. The number of thiocarbonyl (C=S) groups is 2. The van der Waals surface area contributed by atoms with E-state index in [1.165, 1.54) is 23.5 Å². The van der Waals surface area contributed by atoms with E-state index in [1.807, 2.05) is 13.8 Å². The largest absolute Gasteiger partial charge is 0.492 e. The molecule has 2 aromatic carbocycles. The summed E-state index contributed by atoms with van der Waals surface area (Å²) in [4.78, 5) is 59.7. The van der Waals surface area contributed by atoms with Gasteiger partial charge < -0.3 is 34.3 Å². The summed E-state index contributed by atoms with van der Waals surface area (Å²) in [5.41, 5.74) is 1.13. The van der Waals surface area contributed by atoms with E-state index in [9.17, 15) is 19.2 Å². The number of unbranched alkanes of at least 4 members (excludes halogenated alkanes) is 2. The molecule has 18 heteroatoms. The number of rotatable bonds is 27. The van der Waals surface area contributed by atoms with Crippen molar-refractivity contribution in [2.24, 2.45) is 0 Å². The summed E-state index contributed by atoms with van der Waals surface area (Å²) in [6.45, 7) is 9.90. The van der Waals surface area contributed by atoms with Crippen molar-refractivity contribution >= 4 is 80.2 Å². The zero-order valence-corrected chi connectivity index (χ0v) is 37.5. The smallest absolute Gasteiger partial charge is 0.263 e. The van der Waals surface area contributed by atoms with E-state index in [0.29, 0.717) is 98.7 Å². The molecule has 59 heavy (non-hydrogen) atoms. The molecule has 0 bridgehead atoms. The molecule has 0 aliphatic carbocycles. The van der Waals surface area contributed by atoms with Gasteiger partial charge in [-0.15, -0.1) is 0 Å². The molecule has 0 saturated carbocycles. The van der Waals surface area contributed by atoms with Crippen molar-refractivity contribution < 1.29 is 42.9 Å².